The largest absolute Gasteiger partial charge is 0.349 e. The lowest BCUT2D eigenvalue weighted by atomic mass is 10.1. The fraction of sp³-hybridized carbons (Fsp3) is 0.556. The highest BCUT2D eigenvalue weighted by molar-refractivity contribution is 7.89. The first-order chi connectivity index (χ1) is 12.9. The van der Waals surface area contributed by atoms with Crippen molar-refractivity contribution in [2.45, 2.75) is 30.7 Å². The lowest BCUT2D eigenvalue weighted by molar-refractivity contribution is -0.129. The van der Waals surface area contributed by atoms with E-state index in [4.69, 9.17) is 0 Å². The van der Waals surface area contributed by atoms with Gasteiger partial charge in [-0.05, 0) is 50.2 Å². The Kier molecular flexibility index (Phi) is 6.13. The molecule has 0 saturated carbocycles. The minimum atomic E-state index is -3.63. The van der Waals surface area contributed by atoms with Crippen LogP contribution in [-0.2, 0) is 14.8 Å². The second-order valence-electron chi connectivity index (χ2n) is 6.93. The van der Waals surface area contributed by atoms with Crippen LogP contribution in [0.15, 0.2) is 29.2 Å². The van der Waals surface area contributed by atoms with Gasteiger partial charge >= 0.3 is 0 Å². The van der Waals surface area contributed by atoms with Gasteiger partial charge in [-0.1, -0.05) is 0 Å². The molecule has 2 saturated heterocycles. The summed E-state index contributed by atoms with van der Waals surface area (Å²) in [7, 11) is -3.63. The van der Waals surface area contributed by atoms with Crippen LogP contribution in [0.1, 0.15) is 30.1 Å². The number of piperazine rings is 1. The van der Waals surface area contributed by atoms with Crippen LogP contribution < -0.4 is 10.6 Å². The van der Waals surface area contributed by atoms with Crippen molar-refractivity contribution < 1.29 is 18.0 Å². The smallest absolute Gasteiger partial charge is 0.251 e. The summed E-state index contributed by atoms with van der Waals surface area (Å²) in [6, 6.07) is 6.21. The van der Waals surface area contributed by atoms with E-state index in [2.05, 4.69) is 10.6 Å². The van der Waals surface area contributed by atoms with Crippen LogP contribution in [0.3, 0.4) is 0 Å². The highest BCUT2D eigenvalue weighted by atomic mass is 32.2. The van der Waals surface area contributed by atoms with Gasteiger partial charge in [0.25, 0.3) is 5.91 Å². The van der Waals surface area contributed by atoms with Crippen LogP contribution in [0, 0.1) is 0 Å². The highest BCUT2D eigenvalue weighted by Gasteiger charge is 2.29. The number of carbonyl (C=O) groups excluding carboxylic acids is 2. The predicted molar refractivity (Wildman–Crippen MR) is 101 cm³/mol. The molecule has 2 aliphatic heterocycles. The van der Waals surface area contributed by atoms with E-state index in [-0.39, 0.29) is 35.8 Å². The molecule has 9 heteroatoms. The fourth-order valence-electron chi connectivity index (χ4n) is 3.41. The summed E-state index contributed by atoms with van der Waals surface area (Å²) < 4.78 is 26.9. The van der Waals surface area contributed by atoms with E-state index in [0.29, 0.717) is 18.7 Å². The quantitative estimate of drug-likeness (QED) is 0.750. The molecule has 0 bridgehead atoms. The summed E-state index contributed by atoms with van der Waals surface area (Å²) in [5.74, 6) is -0.225. The highest BCUT2D eigenvalue weighted by Crippen LogP contribution is 2.18. The minimum Gasteiger partial charge on any atom is -0.349 e. The number of benzene rings is 1. The van der Waals surface area contributed by atoms with E-state index in [0.717, 1.165) is 25.9 Å². The summed E-state index contributed by atoms with van der Waals surface area (Å²) in [6.45, 7) is 4.60. The van der Waals surface area contributed by atoms with Crippen molar-refractivity contribution in [1.29, 1.82) is 0 Å². The Morgan fingerprint density at radius 3 is 2.19 bits per heavy atom. The lowest BCUT2D eigenvalue weighted by Gasteiger charge is -2.33. The fourth-order valence-corrected chi connectivity index (χ4v) is 4.83. The van der Waals surface area contributed by atoms with E-state index in [1.807, 2.05) is 0 Å². The average molecular weight is 394 g/mol. The lowest BCUT2D eigenvalue weighted by Crippen LogP contribution is -2.49. The van der Waals surface area contributed by atoms with Crippen molar-refractivity contribution in [2.24, 2.45) is 0 Å². The van der Waals surface area contributed by atoms with Crippen LogP contribution in [-0.4, -0.2) is 74.7 Å². The Morgan fingerprint density at radius 1 is 1.04 bits per heavy atom. The van der Waals surface area contributed by atoms with Gasteiger partial charge in [-0.3, -0.25) is 9.59 Å². The van der Waals surface area contributed by atoms with Crippen LogP contribution in [0.2, 0.25) is 0 Å². The van der Waals surface area contributed by atoms with E-state index >= 15 is 0 Å². The molecule has 2 N–H and O–H groups in total. The van der Waals surface area contributed by atoms with Crippen LogP contribution in [0.4, 0.5) is 0 Å². The molecule has 1 aromatic rings. The maximum atomic E-state index is 12.8. The van der Waals surface area contributed by atoms with Crippen molar-refractivity contribution in [3.05, 3.63) is 29.8 Å². The number of hydrogen-bond donors (Lipinski definition) is 2. The summed E-state index contributed by atoms with van der Waals surface area (Å²) in [4.78, 5) is 25.5. The molecule has 0 aromatic heterocycles. The number of hydrogen-bond acceptors (Lipinski definition) is 5. The first-order valence-electron chi connectivity index (χ1n) is 9.25. The molecule has 148 valence electrons. The second-order valence-corrected chi connectivity index (χ2v) is 8.87. The number of nitrogens with zero attached hydrogens (tertiary/aromatic N) is 2. The summed E-state index contributed by atoms with van der Waals surface area (Å²) in [5.41, 5.74) is 0.453. The van der Waals surface area contributed by atoms with Gasteiger partial charge in [0.2, 0.25) is 15.9 Å². The van der Waals surface area contributed by atoms with Gasteiger partial charge in [0.05, 0.1) is 4.90 Å². The van der Waals surface area contributed by atoms with Gasteiger partial charge in [0.1, 0.15) is 0 Å². The zero-order valence-corrected chi connectivity index (χ0v) is 16.3. The van der Waals surface area contributed by atoms with Gasteiger partial charge in [-0.15, -0.1) is 0 Å². The van der Waals surface area contributed by atoms with Crippen LogP contribution >= 0.6 is 0 Å². The van der Waals surface area contributed by atoms with Crippen molar-refractivity contribution in [3.63, 3.8) is 0 Å². The number of amides is 2. The Labute approximate surface area is 160 Å². The molecule has 0 radical (unpaired) electrons. The van der Waals surface area contributed by atoms with Gasteiger partial charge in [-0.25, -0.2) is 8.42 Å². The Bertz CT molecular complexity index is 780. The van der Waals surface area contributed by atoms with Crippen molar-refractivity contribution >= 4 is 21.8 Å². The Hall–Kier alpha value is -1.97. The average Bonchev–Trinajstić information content (AvgIpc) is 2.69. The molecule has 0 aliphatic carbocycles. The van der Waals surface area contributed by atoms with Crippen molar-refractivity contribution in [3.8, 4) is 0 Å². The number of nitrogens with one attached hydrogen (secondary N) is 2. The molecule has 0 unspecified atom stereocenters. The molecule has 27 heavy (non-hydrogen) atoms. The van der Waals surface area contributed by atoms with E-state index in [1.165, 1.54) is 23.4 Å². The molecule has 2 heterocycles. The third-order valence-corrected chi connectivity index (χ3v) is 7.03. The molecule has 0 spiro atoms. The molecule has 2 aliphatic rings. The van der Waals surface area contributed by atoms with Crippen LogP contribution in [0.5, 0.6) is 0 Å². The topological polar surface area (TPSA) is 98.8 Å². The van der Waals surface area contributed by atoms with Gasteiger partial charge in [0, 0.05) is 44.7 Å². The molecule has 3 rings (SSSR count). The molecule has 1 aromatic carbocycles. The third-order valence-electron chi connectivity index (χ3n) is 5.11. The van der Waals surface area contributed by atoms with Gasteiger partial charge in [0.15, 0.2) is 0 Å². The molecule has 2 fully saturated rings. The van der Waals surface area contributed by atoms with E-state index < -0.39 is 10.0 Å². The maximum Gasteiger partial charge on any atom is 0.251 e. The number of sulfonamides is 1. The first-order valence-corrected chi connectivity index (χ1v) is 10.7. The zero-order chi connectivity index (χ0) is 19.4. The Morgan fingerprint density at radius 2 is 1.63 bits per heavy atom. The first kappa shape index (κ1) is 19.8. The summed E-state index contributed by atoms with van der Waals surface area (Å²) in [6.07, 6.45) is 1.79. The van der Waals surface area contributed by atoms with E-state index in [9.17, 15) is 18.0 Å². The van der Waals surface area contributed by atoms with Crippen molar-refractivity contribution in [2.75, 3.05) is 39.3 Å². The zero-order valence-electron chi connectivity index (χ0n) is 15.5. The molecule has 8 nitrogen and oxygen atoms in total. The van der Waals surface area contributed by atoms with Crippen LogP contribution in [0.25, 0.3) is 0 Å². The standard InChI is InChI=1S/C18H26N4O4S/c1-14(23)21-10-12-22(13-11-21)27(25,26)17-4-2-15(3-5-17)18(24)20-16-6-8-19-9-7-16/h2-5,16,19H,6-13H2,1H3,(H,20,24). The number of rotatable bonds is 4. The monoisotopic (exact) mass is 394 g/mol. The third kappa shape index (κ3) is 4.66. The van der Waals surface area contributed by atoms with E-state index in [1.54, 1.807) is 17.0 Å². The van der Waals surface area contributed by atoms with Crippen molar-refractivity contribution in [1.82, 2.24) is 19.8 Å². The SMILES string of the molecule is CC(=O)N1CCN(S(=O)(=O)c2ccc(C(=O)NC3CCNCC3)cc2)CC1. The normalized spacial score (nSPS) is 19.7. The summed E-state index contributed by atoms with van der Waals surface area (Å²) >= 11 is 0. The number of carbonyl (C=O) groups is 2. The second kappa shape index (κ2) is 8.37. The molecule has 0 atom stereocenters. The minimum absolute atomic E-state index is 0.0452. The molecular formula is C18H26N4O4S. The summed E-state index contributed by atoms with van der Waals surface area (Å²) in [5, 5.41) is 6.24. The van der Waals surface area contributed by atoms with Gasteiger partial charge in [-0.2, -0.15) is 4.31 Å². The maximum absolute atomic E-state index is 12.8. The predicted octanol–water partition coefficient (Wildman–Crippen LogP) is 0.0212. The van der Waals surface area contributed by atoms with Gasteiger partial charge < -0.3 is 15.5 Å². The number of piperidine rings is 1. The Balaban J connectivity index is 1.63. The molecule has 2 amide bonds. The molecular weight excluding hydrogens is 368 g/mol.